The zero-order valence-corrected chi connectivity index (χ0v) is 11.2. The molecular formula is C17H12N4. The minimum absolute atomic E-state index is 0.958. The van der Waals surface area contributed by atoms with Crippen LogP contribution < -0.4 is 0 Å². The third kappa shape index (κ3) is 1.97. The molecule has 2 aromatic carbocycles. The lowest BCUT2D eigenvalue weighted by Crippen LogP contribution is -1.99. The van der Waals surface area contributed by atoms with Crippen molar-refractivity contribution in [1.82, 2.24) is 20.0 Å². The molecule has 0 N–H and O–H groups in total. The van der Waals surface area contributed by atoms with Gasteiger partial charge in [0.05, 0.1) is 17.6 Å². The lowest BCUT2D eigenvalue weighted by molar-refractivity contribution is 0.808. The van der Waals surface area contributed by atoms with Gasteiger partial charge < -0.3 is 0 Å². The normalized spacial score (nSPS) is 10.9. The molecule has 0 atom stereocenters. The van der Waals surface area contributed by atoms with Crippen molar-refractivity contribution in [3.8, 4) is 16.9 Å². The first-order valence-corrected chi connectivity index (χ1v) is 6.73. The number of rotatable bonds is 2. The van der Waals surface area contributed by atoms with E-state index in [-0.39, 0.29) is 0 Å². The van der Waals surface area contributed by atoms with Crippen molar-refractivity contribution >= 4 is 10.8 Å². The van der Waals surface area contributed by atoms with Gasteiger partial charge in [-0.1, -0.05) is 41.6 Å². The molecule has 100 valence electrons. The fourth-order valence-corrected chi connectivity index (χ4v) is 2.52. The van der Waals surface area contributed by atoms with E-state index in [9.17, 15) is 0 Å². The minimum Gasteiger partial charge on any atom is -0.264 e. The molecule has 0 saturated heterocycles. The molecule has 0 aliphatic heterocycles. The fourth-order valence-electron chi connectivity index (χ4n) is 2.52. The molecule has 0 unspecified atom stereocenters. The first kappa shape index (κ1) is 11.8. The van der Waals surface area contributed by atoms with E-state index in [1.165, 1.54) is 0 Å². The molecule has 0 radical (unpaired) electrons. The number of benzene rings is 2. The van der Waals surface area contributed by atoms with Crippen LogP contribution in [0.25, 0.3) is 27.7 Å². The van der Waals surface area contributed by atoms with E-state index in [0.29, 0.717) is 0 Å². The minimum atomic E-state index is 0.958. The molecule has 0 spiro atoms. The van der Waals surface area contributed by atoms with Gasteiger partial charge >= 0.3 is 0 Å². The zero-order valence-electron chi connectivity index (χ0n) is 11.2. The third-order valence-electron chi connectivity index (χ3n) is 3.51. The van der Waals surface area contributed by atoms with Crippen molar-refractivity contribution < 1.29 is 0 Å². The summed E-state index contributed by atoms with van der Waals surface area (Å²) in [6.07, 6.45) is 5.47. The number of hydrogen-bond acceptors (Lipinski definition) is 3. The predicted molar refractivity (Wildman–Crippen MR) is 82.1 cm³/mol. The number of pyridine rings is 1. The van der Waals surface area contributed by atoms with Gasteiger partial charge in [0.25, 0.3) is 0 Å². The van der Waals surface area contributed by atoms with Crippen molar-refractivity contribution in [2.45, 2.75) is 0 Å². The Hall–Kier alpha value is -3.01. The van der Waals surface area contributed by atoms with Crippen LogP contribution in [0.3, 0.4) is 0 Å². The second-order valence-corrected chi connectivity index (χ2v) is 4.77. The van der Waals surface area contributed by atoms with Crippen LogP contribution in [0, 0.1) is 0 Å². The molecule has 0 aliphatic rings. The molecule has 2 heterocycles. The van der Waals surface area contributed by atoms with Crippen LogP contribution in [0.5, 0.6) is 0 Å². The Bertz CT molecular complexity index is 891. The molecule has 0 saturated carbocycles. The largest absolute Gasteiger partial charge is 0.264 e. The van der Waals surface area contributed by atoms with E-state index in [0.717, 1.165) is 27.7 Å². The van der Waals surface area contributed by atoms with Gasteiger partial charge in [-0.15, -0.1) is 5.10 Å². The van der Waals surface area contributed by atoms with E-state index < -0.39 is 0 Å². The van der Waals surface area contributed by atoms with Crippen LogP contribution in [0.1, 0.15) is 0 Å². The number of hydrogen-bond donors (Lipinski definition) is 0. The van der Waals surface area contributed by atoms with Crippen molar-refractivity contribution in [2.24, 2.45) is 0 Å². The fraction of sp³-hybridized carbons (Fsp3) is 0. The molecule has 0 bridgehead atoms. The van der Waals surface area contributed by atoms with Gasteiger partial charge in [0.2, 0.25) is 0 Å². The summed E-state index contributed by atoms with van der Waals surface area (Å²) in [5.74, 6) is 0. The Morgan fingerprint density at radius 3 is 2.62 bits per heavy atom. The Morgan fingerprint density at radius 1 is 0.810 bits per heavy atom. The Kier molecular flexibility index (Phi) is 2.71. The summed E-state index contributed by atoms with van der Waals surface area (Å²) in [5, 5.41) is 10.5. The highest BCUT2D eigenvalue weighted by Gasteiger charge is 2.11. The number of para-hydroxylation sites is 1. The molecule has 4 aromatic rings. The monoisotopic (exact) mass is 272 g/mol. The highest BCUT2D eigenvalue weighted by atomic mass is 15.4. The summed E-state index contributed by atoms with van der Waals surface area (Å²) in [5.41, 5.74) is 3.03. The number of nitrogens with zero attached hydrogens (tertiary/aromatic N) is 4. The highest BCUT2D eigenvalue weighted by Crippen LogP contribution is 2.28. The average molecular weight is 272 g/mol. The zero-order chi connectivity index (χ0) is 14.1. The maximum absolute atomic E-state index is 4.24. The van der Waals surface area contributed by atoms with E-state index in [4.69, 9.17) is 0 Å². The van der Waals surface area contributed by atoms with Crippen molar-refractivity contribution in [3.05, 3.63) is 73.2 Å². The molecule has 0 fully saturated rings. The average Bonchev–Trinajstić information content (AvgIpc) is 3.04. The maximum Gasteiger partial charge on any atom is 0.0951 e. The topological polar surface area (TPSA) is 43.6 Å². The molecule has 21 heavy (non-hydrogen) atoms. The van der Waals surface area contributed by atoms with Crippen molar-refractivity contribution in [2.75, 3.05) is 0 Å². The first-order valence-electron chi connectivity index (χ1n) is 6.73. The third-order valence-corrected chi connectivity index (χ3v) is 3.51. The SMILES string of the molecule is c1ccc(-n2nncc2-c2cccc3ccncc23)cc1. The maximum atomic E-state index is 4.24. The molecule has 0 aliphatic carbocycles. The van der Waals surface area contributed by atoms with E-state index in [1.807, 2.05) is 53.3 Å². The summed E-state index contributed by atoms with van der Waals surface area (Å²) in [6, 6.07) is 18.2. The Morgan fingerprint density at radius 2 is 1.71 bits per heavy atom. The van der Waals surface area contributed by atoms with Crippen molar-refractivity contribution in [3.63, 3.8) is 0 Å². The lowest BCUT2D eigenvalue weighted by atomic mass is 10.0. The van der Waals surface area contributed by atoms with Crippen LogP contribution in [0.15, 0.2) is 73.2 Å². The number of fused-ring (bicyclic) bond motifs is 1. The smallest absolute Gasteiger partial charge is 0.0951 e. The quantitative estimate of drug-likeness (QED) is 0.561. The Labute approximate surface area is 121 Å². The summed E-state index contributed by atoms with van der Waals surface area (Å²) in [4.78, 5) is 4.24. The van der Waals surface area contributed by atoms with Crippen LogP contribution in [0.2, 0.25) is 0 Å². The standard InChI is InChI=1S/C17H12N4/c1-2-6-14(7-3-1)21-17(12-19-20-21)15-8-4-5-13-9-10-18-11-16(13)15/h1-12H. The summed E-state index contributed by atoms with van der Waals surface area (Å²) >= 11 is 0. The van der Waals surface area contributed by atoms with Crippen LogP contribution in [-0.2, 0) is 0 Å². The van der Waals surface area contributed by atoms with Gasteiger partial charge in [-0.05, 0) is 23.6 Å². The van der Waals surface area contributed by atoms with Crippen LogP contribution >= 0.6 is 0 Å². The molecular weight excluding hydrogens is 260 g/mol. The molecule has 0 amide bonds. The second-order valence-electron chi connectivity index (χ2n) is 4.77. The summed E-state index contributed by atoms with van der Waals surface area (Å²) < 4.78 is 1.85. The second kappa shape index (κ2) is 4.83. The molecule has 2 aromatic heterocycles. The van der Waals surface area contributed by atoms with Gasteiger partial charge in [-0.3, -0.25) is 4.98 Å². The lowest BCUT2D eigenvalue weighted by Gasteiger charge is -2.08. The number of aromatic nitrogens is 4. The van der Waals surface area contributed by atoms with Gasteiger partial charge in [0.1, 0.15) is 0 Å². The van der Waals surface area contributed by atoms with Gasteiger partial charge in [0, 0.05) is 23.3 Å². The van der Waals surface area contributed by atoms with E-state index in [2.05, 4.69) is 27.4 Å². The summed E-state index contributed by atoms with van der Waals surface area (Å²) in [7, 11) is 0. The predicted octanol–water partition coefficient (Wildman–Crippen LogP) is 3.48. The Balaban J connectivity index is 1.97. The van der Waals surface area contributed by atoms with Crippen LogP contribution in [-0.4, -0.2) is 20.0 Å². The summed E-state index contributed by atoms with van der Waals surface area (Å²) in [6.45, 7) is 0. The molecule has 4 rings (SSSR count). The van der Waals surface area contributed by atoms with Gasteiger partial charge in [0.15, 0.2) is 0 Å². The van der Waals surface area contributed by atoms with E-state index in [1.54, 1.807) is 12.4 Å². The van der Waals surface area contributed by atoms with Crippen molar-refractivity contribution in [1.29, 1.82) is 0 Å². The highest BCUT2D eigenvalue weighted by molar-refractivity contribution is 5.95. The van der Waals surface area contributed by atoms with Gasteiger partial charge in [-0.2, -0.15) is 0 Å². The van der Waals surface area contributed by atoms with Crippen LogP contribution in [0.4, 0.5) is 0 Å². The first-order chi connectivity index (χ1) is 10.4. The van der Waals surface area contributed by atoms with Gasteiger partial charge in [-0.25, -0.2) is 4.68 Å². The molecule has 4 heteroatoms. The van der Waals surface area contributed by atoms with E-state index >= 15 is 0 Å². The molecule has 4 nitrogen and oxygen atoms in total.